The average Bonchev–Trinajstić information content (AvgIpc) is 2.33. The summed E-state index contributed by atoms with van der Waals surface area (Å²) in [6.45, 7) is 1.88. The summed E-state index contributed by atoms with van der Waals surface area (Å²) >= 11 is 6.91. The van der Waals surface area contributed by atoms with Crippen molar-refractivity contribution in [2.24, 2.45) is 11.7 Å². The number of hydrogen-bond acceptors (Lipinski definition) is 3. The highest BCUT2D eigenvalue weighted by Crippen LogP contribution is 2.31. The quantitative estimate of drug-likeness (QED) is 0.825. The highest BCUT2D eigenvalue weighted by atomic mass is 79.9. The summed E-state index contributed by atoms with van der Waals surface area (Å²) in [5.74, 6) is 0.233. The van der Waals surface area contributed by atoms with Crippen LogP contribution in [0.3, 0.4) is 0 Å². The van der Waals surface area contributed by atoms with Gasteiger partial charge in [-0.2, -0.15) is 0 Å². The third kappa shape index (κ3) is 3.45. The molecule has 98 valence electrons. The van der Waals surface area contributed by atoms with Crippen LogP contribution in [0.2, 0.25) is 0 Å². The normalized spacial score (nSPS) is 16.9. The summed E-state index contributed by atoms with van der Waals surface area (Å²) in [4.78, 5) is 17.5. The minimum absolute atomic E-state index is 0.196. The molecule has 1 aromatic rings. The van der Waals surface area contributed by atoms with Crippen LogP contribution in [0.4, 0.5) is 5.69 Å². The van der Waals surface area contributed by atoms with Crippen LogP contribution in [0.15, 0.2) is 21.3 Å². The molecule has 2 rings (SSSR count). The molecule has 0 radical (unpaired) electrons. The van der Waals surface area contributed by atoms with Gasteiger partial charge in [-0.1, -0.05) is 0 Å². The van der Waals surface area contributed by atoms with Gasteiger partial charge in [0.2, 0.25) is 5.91 Å². The summed E-state index contributed by atoms with van der Waals surface area (Å²) in [6, 6.07) is 2.06. The molecule has 1 saturated heterocycles. The molecule has 0 spiro atoms. The maximum absolute atomic E-state index is 10.9. The lowest BCUT2D eigenvalue weighted by molar-refractivity contribution is -0.119. The van der Waals surface area contributed by atoms with E-state index < -0.39 is 0 Å². The van der Waals surface area contributed by atoms with Gasteiger partial charge < -0.3 is 10.6 Å². The molecule has 2 heterocycles. The van der Waals surface area contributed by atoms with Gasteiger partial charge in [-0.25, -0.2) is 4.98 Å². The fraction of sp³-hybridized carbons (Fsp3) is 0.500. The molecule has 1 amide bonds. The fourth-order valence-electron chi connectivity index (χ4n) is 2.30. The number of pyridine rings is 1. The number of nitrogens with zero attached hydrogens (tertiary/aromatic N) is 2. The second-order valence-electron chi connectivity index (χ2n) is 4.56. The lowest BCUT2D eigenvalue weighted by Gasteiger charge is -2.33. The second kappa shape index (κ2) is 6.02. The largest absolute Gasteiger partial charge is 0.370 e. The number of amides is 1. The Morgan fingerprint density at radius 2 is 2.11 bits per heavy atom. The minimum Gasteiger partial charge on any atom is -0.370 e. The highest BCUT2D eigenvalue weighted by Gasteiger charge is 2.22. The molecule has 0 aliphatic carbocycles. The van der Waals surface area contributed by atoms with Crippen LogP contribution in [0.25, 0.3) is 0 Å². The molecule has 0 bridgehead atoms. The van der Waals surface area contributed by atoms with Gasteiger partial charge in [0.05, 0.1) is 5.69 Å². The van der Waals surface area contributed by atoms with Crippen molar-refractivity contribution in [2.75, 3.05) is 18.0 Å². The van der Waals surface area contributed by atoms with Gasteiger partial charge in [-0.3, -0.25) is 4.79 Å². The van der Waals surface area contributed by atoms with E-state index in [0.717, 1.165) is 40.7 Å². The standard InChI is InChI=1S/C12H15Br2N3O/c13-9-6-10(12(14)16-7-9)17-3-1-8(2-4-17)5-11(15)18/h6-8H,1-5H2,(H2,15,18). The van der Waals surface area contributed by atoms with E-state index in [-0.39, 0.29) is 5.91 Å². The lowest BCUT2D eigenvalue weighted by Crippen LogP contribution is -2.35. The molecule has 1 aliphatic heterocycles. The number of aromatic nitrogens is 1. The van der Waals surface area contributed by atoms with E-state index in [1.54, 1.807) is 6.20 Å². The summed E-state index contributed by atoms with van der Waals surface area (Å²) in [5.41, 5.74) is 6.34. The van der Waals surface area contributed by atoms with Gasteiger partial charge >= 0.3 is 0 Å². The van der Waals surface area contributed by atoms with Gasteiger partial charge in [0, 0.05) is 30.2 Å². The summed E-state index contributed by atoms with van der Waals surface area (Å²) in [5, 5.41) is 0. The molecule has 6 heteroatoms. The van der Waals surface area contributed by atoms with E-state index in [1.807, 2.05) is 0 Å². The molecular formula is C12H15Br2N3O. The minimum atomic E-state index is -0.196. The van der Waals surface area contributed by atoms with E-state index in [0.29, 0.717) is 12.3 Å². The Hall–Kier alpha value is -0.620. The molecule has 1 aliphatic rings. The fourth-order valence-corrected chi connectivity index (χ4v) is 3.08. The first-order valence-corrected chi connectivity index (χ1v) is 7.49. The predicted octanol–water partition coefficient (Wildman–Crippen LogP) is 2.70. The van der Waals surface area contributed by atoms with Crippen molar-refractivity contribution in [2.45, 2.75) is 19.3 Å². The first kappa shape index (κ1) is 13.8. The number of primary amides is 1. The number of rotatable bonds is 3. The van der Waals surface area contributed by atoms with E-state index in [1.165, 1.54) is 0 Å². The van der Waals surface area contributed by atoms with Crippen LogP contribution in [-0.2, 0) is 4.79 Å². The zero-order chi connectivity index (χ0) is 13.1. The van der Waals surface area contributed by atoms with E-state index in [9.17, 15) is 4.79 Å². The average molecular weight is 377 g/mol. The molecular weight excluding hydrogens is 362 g/mol. The van der Waals surface area contributed by atoms with Crippen molar-refractivity contribution in [1.82, 2.24) is 4.98 Å². The van der Waals surface area contributed by atoms with Gasteiger partial charge in [-0.15, -0.1) is 0 Å². The van der Waals surface area contributed by atoms with Crippen LogP contribution in [0.5, 0.6) is 0 Å². The van der Waals surface area contributed by atoms with E-state index in [4.69, 9.17) is 5.73 Å². The molecule has 0 aromatic carbocycles. The van der Waals surface area contributed by atoms with Crippen LogP contribution < -0.4 is 10.6 Å². The Balaban J connectivity index is 2.01. The highest BCUT2D eigenvalue weighted by molar-refractivity contribution is 9.11. The first-order valence-electron chi connectivity index (χ1n) is 5.90. The van der Waals surface area contributed by atoms with Crippen molar-refractivity contribution in [3.8, 4) is 0 Å². The number of anilines is 1. The number of carbonyl (C=O) groups is 1. The Morgan fingerprint density at radius 1 is 1.44 bits per heavy atom. The van der Waals surface area contributed by atoms with E-state index in [2.05, 4.69) is 47.8 Å². The van der Waals surface area contributed by atoms with Gasteiger partial charge in [0.15, 0.2) is 0 Å². The van der Waals surface area contributed by atoms with Crippen LogP contribution >= 0.6 is 31.9 Å². The van der Waals surface area contributed by atoms with Crippen LogP contribution in [0.1, 0.15) is 19.3 Å². The zero-order valence-electron chi connectivity index (χ0n) is 9.90. The molecule has 0 saturated carbocycles. The topological polar surface area (TPSA) is 59.2 Å². The Morgan fingerprint density at radius 3 is 2.72 bits per heavy atom. The monoisotopic (exact) mass is 375 g/mol. The second-order valence-corrected chi connectivity index (χ2v) is 6.23. The maximum Gasteiger partial charge on any atom is 0.217 e. The Kier molecular flexibility index (Phi) is 4.61. The number of hydrogen-bond donors (Lipinski definition) is 1. The van der Waals surface area contributed by atoms with Gasteiger partial charge in [0.1, 0.15) is 4.60 Å². The Labute approximate surface area is 123 Å². The summed E-state index contributed by atoms with van der Waals surface area (Å²) in [7, 11) is 0. The molecule has 4 nitrogen and oxygen atoms in total. The van der Waals surface area contributed by atoms with Crippen molar-refractivity contribution < 1.29 is 4.79 Å². The molecule has 2 N–H and O–H groups in total. The summed E-state index contributed by atoms with van der Waals surface area (Å²) < 4.78 is 1.83. The van der Waals surface area contributed by atoms with Gasteiger partial charge in [-0.05, 0) is 56.7 Å². The maximum atomic E-state index is 10.9. The number of halogens is 2. The van der Waals surface area contributed by atoms with Crippen LogP contribution in [-0.4, -0.2) is 24.0 Å². The van der Waals surface area contributed by atoms with Crippen molar-refractivity contribution >= 4 is 43.5 Å². The van der Waals surface area contributed by atoms with Crippen LogP contribution in [0, 0.1) is 5.92 Å². The molecule has 0 atom stereocenters. The van der Waals surface area contributed by atoms with Crippen molar-refractivity contribution in [3.05, 3.63) is 21.3 Å². The third-order valence-corrected chi connectivity index (χ3v) is 4.28. The number of piperidine rings is 1. The third-order valence-electron chi connectivity index (χ3n) is 3.23. The smallest absolute Gasteiger partial charge is 0.217 e. The lowest BCUT2D eigenvalue weighted by atomic mass is 9.93. The van der Waals surface area contributed by atoms with Crippen molar-refractivity contribution in [1.29, 1.82) is 0 Å². The molecule has 18 heavy (non-hydrogen) atoms. The number of nitrogens with two attached hydrogens (primary N) is 1. The molecule has 1 fully saturated rings. The first-order chi connectivity index (χ1) is 8.56. The van der Waals surface area contributed by atoms with Crippen molar-refractivity contribution in [3.63, 3.8) is 0 Å². The molecule has 1 aromatic heterocycles. The zero-order valence-corrected chi connectivity index (χ0v) is 13.1. The SMILES string of the molecule is NC(=O)CC1CCN(c2cc(Br)cnc2Br)CC1. The number of carbonyl (C=O) groups excluding carboxylic acids is 1. The summed E-state index contributed by atoms with van der Waals surface area (Å²) in [6.07, 6.45) is 4.28. The molecule has 0 unspecified atom stereocenters. The van der Waals surface area contributed by atoms with Gasteiger partial charge in [0.25, 0.3) is 0 Å². The Bertz CT molecular complexity index is 445. The van der Waals surface area contributed by atoms with E-state index >= 15 is 0 Å². The predicted molar refractivity (Wildman–Crippen MR) is 78.4 cm³/mol.